The molecule has 0 aliphatic carbocycles. The Hall–Kier alpha value is -4.26. The fourth-order valence-electron chi connectivity index (χ4n) is 4.67. The molecule has 1 saturated heterocycles. The van der Waals surface area contributed by atoms with E-state index < -0.39 is 12.3 Å². The molecular weight excluding hydrogens is 496 g/mol. The van der Waals surface area contributed by atoms with E-state index >= 15 is 0 Å². The molecule has 38 heavy (non-hydrogen) atoms. The summed E-state index contributed by atoms with van der Waals surface area (Å²) in [6, 6.07) is 5.22. The lowest BCUT2D eigenvalue weighted by atomic mass is 10.1. The van der Waals surface area contributed by atoms with Crippen molar-refractivity contribution in [3.05, 3.63) is 53.9 Å². The van der Waals surface area contributed by atoms with E-state index in [4.69, 9.17) is 0 Å². The summed E-state index contributed by atoms with van der Waals surface area (Å²) in [6.45, 7) is 5.03. The van der Waals surface area contributed by atoms with Crippen LogP contribution >= 0.6 is 0 Å². The Labute approximate surface area is 216 Å². The van der Waals surface area contributed by atoms with Crippen molar-refractivity contribution in [3.8, 4) is 11.1 Å². The van der Waals surface area contributed by atoms with Gasteiger partial charge in [-0.25, -0.2) is 13.3 Å². The second-order valence-electron chi connectivity index (χ2n) is 9.37. The number of amides is 2. The number of nitrogens with zero attached hydrogens (tertiary/aromatic N) is 7. The van der Waals surface area contributed by atoms with Crippen LogP contribution in [0, 0.1) is 6.92 Å². The summed E-state index contributed by atoms with van der Waals surface area (Å²) >= 11 is 0. The lowest BCUT2D eigenvalue weighted by Gasteiger charge is -2.20. The number of likely N-dealkylation sites (tertiary alicyclic amines) is 1. The van der Waals surface area contributed by atoms with Crippen molar-refractivity contribution in [2.24, 2.45) is 7.05 Å². The molecule has 1 aliphatic heterocycles. The molecule has 5 rings (SSSR count). The van der Waals surface area contributed by atoms with Gasteiger partial charge in [0.1, 0.15) is 5.69 Å². The van der Waals surface area contributed by atoms with Crippen molar-refractivity contribution >= 4 is 28.7 Å². The molecule has 13 heteroatoms. The van der Waals surface area contributed by atoms with Crippen LogP contribution in [-0.2, 0) is 11.8 Å². The molecule has 0 saturated carbocycles. The number of hydrogen-bond acceptors (Lipinski definition) is 7. The first-order valence-electron chi connectivity index (χ1n) is 12.2. The fraction of sp³-hybridized carbons (Fsp3) is 0.360. The predicted molar refractivity (Wildman–Crippen MR) is 136 cm³/mol. The second kappa shape index (κ2) is 10.2. The smallest absolute Gasteiger partial charge is 0.280 e. The molecule has 0 bridgehead atoms. The zero-order valence-corrected chi connectivity index (χ0v) is 21.2. The normalized spacial score (nSPS) is 15.9. The minimum Gasteiger partial charge on any atom is -0.324 e. The van der Waals surface area contributed by atoms with E-state index in [2.05, 4.69) is 42.9 Å². The van der Waals surface area contributed by atoms with Crippen molar-refractivity contribution in [1.29, 1.82) is 0 Å². The van der Waals surface area contributed by atoms with E-state index in [1.54, 1.807) is 25.1 Å². The summed E-state index contributed by atoms with van der Waals surface area (Å²) in [4.78, 5) is 32.0. The Morgan fingerprint density at radius 2 is 2.03 bits per heavy atom. The molecule has 0 radical (unpaired) electrons. The summed E-state index contributed by atoms with van der Waals surface area (Å²) in [5.74, 6) is -0.674. The monoisotopic (exact) mass is 523 g/mol. The van der Waals surface area contributed by atoms with Crippen LogP contribution < -0.4 is 10.6 Å². The van der Waals surface area contributed by atoms with Crippen LogP contribution in [0.1, 0.15) is 48.1 Å². The Bertz CT molecular complexity index is 1510. The number of halogens is 2. The highest BCUT2D eigenvalue weighted by atomic mass is 19.3. The van der Waals surface area contributed by atoms with Crippen LogP contribution in [0.5, 0.6) is 0 Å². The van der Waals surface area contributed by atoms with Gasteiger partial charge in [0, 0.05) is 30.4 Å². The van der Waals surface area contributed by atoms with E-state index in [1.165, 1.54) is 30.2 Å². The van der Waals surface area contributed by atoms with Crippen molar-refractivity contribution in [2.75, 3.05) is 23.7 Å². The average Bonchev–Trinajstić information content (AvgIpc) is 3.59. The fourth-order valence-corrected chi connectivity index (χ4v) is 4.67. The van der Waals surface area contributed by atoms with Gasteiger partial charge in [-0.1, -0.05) is 11.3 Å². The van der Waals surface area contributed by atoms with E-state index in [-0.39, 0.29) is 22.9 Å². The molecule has 198 valence electrons. The van der Waals surface area contributed by atoms with Crippen molar-refractivity contribution in [3.63, 3.8) is 0 Å². The standard InChI is InChI=1S/C25H27F2N9O2/c1-14-5-4-8-35(14)13-21(37)30-17-9-19(15(2)28-10-17)31-25(38)22-20-7-6-16(12-36(20)33-32-22)18-11-29-34(3)23(18)24(26)27/h6-7,9-12,14,24H,4-5,8,13H2,1-3H3,(H,30,37)(H,31,38)/t14-/m0/s1. The first-order chi connectivity index (χ1) is 18.2. The molecule has 11 nitrogen and oxygen atoms in total. The topological polar surface area (TPSA) is 122 Å². The highest BCUT2D eigenvalue weighted by Gasteiger charge is 2.23. The molecule has 1 fully saturated rings. The maximum absolute atomic E-state index is 13.5. The number of carbonyl (C=O) groups excluding carboxylic acids is 2. The first-order valence-corrected chi connectivity index (χ1v) is 12.2. The van der Waals surface area contributed by atoms with Gasteiger partial charge in [0.05, 0.1) is 41.5 Å². The molecular formula is C25H27F2N9O2. The number of aryl methyl sites for hydroxylation is 2. The summed E-state index contributed by atoms with van der Waals surface area (Å²) < 4.78 is 29.5. The molecule has 0 aromatic carbocycles. The van der Waals surface area contributed by atoms with E-state index in [0.29, 0.717) is 40.7 Å². The van der Waals surface area contributed by atoms with Crippen LogP contribution in [0.2, 0.25) is 0 Å². The van der Waals surface area contributed by atoms with Crippen LogP contribution in [-0.4, -0.2) is 65.4 Å². The Morgan fingerprint density at radius 3 is 2.76 bits per heavy atom. The number of nitrogens with one attached hydrogen (secondary N) is 2. The average molecular weight is 524 g/mol. The molecule has 5 heterocycles. The van der Waals surface area contributed by atoms with Crippen LogP contribution in [0.4, 0.5) is 20.2 Å². The summed E-state index contributed by atoms with van der Waals surface area (Å²) in [7, 11) is 1.45. The molecule has 1 aliphatic rings. The number of fused-ring (bicyclic) bond motifs is 1. The molecule has 2 N–H and O–H groups in total. The third-order valence-electron chi connectivity index (χ3n) is 6.79. The number of pyridine rings is 2. The Morgan fingerprint density at radius 1 is 1.21 bits per heavy atom. The maximum Gasteiger partial charge on any atom is 0.280 e. The Kier molecular flexibility index (Phi) is 6.85. The maximum atomic E-state index is 13.5. The van der Waals surface area contributed by atoms with Crippen LogP contribution in [0.3, 0.4) is 0 Å². The van der Waals surface area contributed by atoms with Gasteiger partial charge in [-0.05, 0) is 45.4 Å². The lowest BCUT2D eigenvalue weighted by Crippen LogP contribution is -2.35. The number of rotatable bonds is 7. The minimum absolute atomic E-state index is 0.0497. The van der Waals surface area contributed by atoms with Gasteiger partial charge in [0.15, 0.2) is 5.69 Å². The van der Waals surface area contributed by atoms with Crippen molar-refractivity contribution in [1.82, 2.24) is 34.5 Å². The van der Waals surface area contributed by atoms with E-state index in [1.807, 2.05) is 0 Å². The quantitative estimate of drug-likeness (QED) is 0.380. The number of carbonyl (C=O) groups is 2. The van der Waals surface area contributed by atoms with Gasteiger partial charge in [-0.15, -0.1) is 5.10 Å². The largest absolute Gasteiger partial charge is 0.324 e. The van der Waals surface area contributed by atoms with Crippen LogP contribution in [0.25, 0.3) is 16.6 Å². The highest BCUT2D eigenvalue weighted by Crippen LogP contribution is 2.31. The van der Waals surface area contributed by atoms with E-state index in [9.17, 15) is 18.4 Å². The molecule has 0 unspecified atom stereocenters. The van der Waals surface area contributed by atoms with Gasteiger partial charge < -0.3 is 10.6 Å². The second-order valence-corrected chi connectivity index (χ2v) is 9.37. The summed E-state index contributed by atoms with van der Waals surface area (Å²) in [5.41, 5.74) is 2.39. The molecule has 2 amide bonds. The number of hydrogen-bond donors (Lipinski definition) is 2. The van der Waals surface area contributed by atoms with Gasteiger partial charge in [0.25, 0.3) is 12.3 Å². The Balaban J connectivity index is 1.33. The van der Waals surface area contributed by atoms with Crippen LogP contribution in [0.15, 0.2) is 36.8 Å². The summed E-state index contributed by atoms with van der Waals surface area (Å²) in [6.07, 6.45) is 3.88. The molecule has 4 aromatic heterocycles. The zero-order chi connectivity index (χ0) is 27.0. The number of aromatic nitrogens is 6. The van der Waals surface area contributed by atoms with Crippen molar-refractivity contribution in [2.45, 2.75) is 39.2 Å². The van der Waals surface area contributed by atoms with Gasteiger partial charge in [-0.2, -0.15) is 5.10 Å². The highest BCUT2D eigenvalue weighted by molar-refractivity contribution is 6.08. The molecule has 0 spiro atoms. The molecule has 1 atom stereocenters. The predicted octanol–water partition coefficient (Wildman–Crippen LogP) is 3.45. The van der Waals surface area contributed by atoms with Gasteiger partial charge in [0.2, 0.25) is 5.91 Å². The number of anilines is 2. The first kappa shape index (κ1) is 25.4. The third kappa shape index (κ3) is 4.96. The van der Waals surface area contributed by atoms with Gasteiger partial charge in [-0.3, -0.25) is 24.2 Å². The SMILES string of the molecule is Cc1ncc(NC(=O)CN2CCC[C@@H]2C)cc1NC(=O)c1nnn2cc(-c3cnn(C)c3C(F)F)ccc12. The third-order valence-corrected chi connectivity index (χ3v) is 6.79. The van der Waals surface area contributed by atoms with E-state index in [0.717, 1.165) is 24.1 Å². The minimum atomic E-state index is -2.70. The number of alkyl halides is 2. The molecule has 4 aromatic rings. The zero-order valence-electron chi connectivity index (χ0n) is 21.2. The lowest BCUT2D eigenvalue weighted by molar-refractivity contribution is -0.117. The van der Waals surface area contributed by atoms with Gasteiger partial charge >= 0.3 is 0 Å². The van der Waals surface area contributed by atoms with Crippen molar-refractivity contribution < 1.29 is 18.4 Å². The summed E-state index contributed by atoms with van der Waals surface area (Å²) in [5, 5.41) is 17.5.